The van der Waals surface area contributed by atoms with Crippen LogP contribution in [0, 0.1) is 0 Å². The van der Waals surface area contributed by atoms with Crippen LogP contribution in [0.25, 0.3) is 0 Å². The number of rotatable bonds is 2. The molecule has 0 radical (unpaired) electrons. The highest BCUT2D eigenvalue weighted by molar-refractivity contribution is 5.84. The lowest BCUT2D eigenvalue weighted by Crippen LogP contribution is -2.04. The molecule has 0 aromatic rings. The number of Topliss-reactive ketones (excluding diaryl/α,β-unsaturated/α-hetero) is 1. The van der Waals surface area contributed by atoms with E-state index in [9.17, 15) is 9.59 Å². The van der Waals surface area contributed by atoms with Crippen LogP contribution in [0.3, 0.4) is 0 Å². The maximum Gasteiger partial charge on any atom is 0.240 e. The van der Waals surface area contributed by atoms with E-state index < -0.39 is 5.91 Å². The van der Waals surface area contributed by atoms with Gasteiger partial charge in [-0.3, -0.25) is 4.79 Å². The Kier molecular flexibility index (Phi) is 9.18. The van der Waals surface area contributed by atoms with Gasteiger partial charge in [-0.25, -0.2) is 0 Å². The first-order chi connectivity index (χ1) is 4.54. The zero-order valence-corrected chi connectivity index (χ0v) is 6.39. The standard InChI is InChI=1S/C4H8O.C3H5NO/c1-3-4(2)5;1-2-3(4)5/h3H2,1-2H3;2H,1H2,(H2,4,5). The molecule has 0 spiro atoms. The molecule has 0 fully saturated rings. The molecule has 1 amide bonds. The lowest BCUT2D eigenvalue weighted by Gasteiger charge is -1.71. The molecule has 0 atom stereocenters. The average molecular weight is 143 g/mol. The first-order valence-corrected chi connectivity index (χ1v) is 2.95. The molecule has 3 nitrogen and oxygen atoms in total. The number of amides is 1. The van der Waals surface area contributed by atoms with E-state index >= 15 is 0 Å². The monoisotopic (exact) mass is 143 g/mol. The third-order valence-electron chi connectivity index (χ3n) is 0.699. The predicted molar refractivity (Wildman–Crippen MR) is 40.4 cm³/mol. The van der Waals surface area contributed by atoms with Gasteiger partial charge in [0.2, 0.25) is 5.91 Å². The highest BCUT2D eigenvalue weighted by Gasteiger charge is 1.76. The van der Waals surface area contributed by atoms with Crippen molar-refractivity contribution in [3.8, 4) is 0 Å². The topological polar surface area (TPSA) is 60.2 Å². The summed E-state index contributed by atoms with van der Waals surface area (Å²) < 4.78 is 0. The molecule has 10 heavy (non-hydrogen) atoms. The number of hydrogen-bond donors (Lipinski definition) is 1. The zero-order chi connectivity index (χ0) is 8.57. The van der Waals surface area contributed by atoms with Crippen molar-refractivity contribution < 1.29 is 9.59 Å². The fourth-order valence-corrected chi connectivity index (χ4v) is 0. The molecular weight excluding hydrogens is 130 g/mol. The van der Waals surface area contributed by atoms with Crippen LogP contribution in [0.2, 0.25) is 0 Å². The quantitative estimate of drug-likeness (QED) is 0.577. The Balaban J connectivity index is 0. The SMILES string of the molecule is C=CC(N)=O.CCC(C)=O. The van der Waals surface area contributed by atoms with Gasteiger partial charge in [0.05, 0.1) is 0 Å². The van der Waals surface area contributed by atoms with Gasteiger partial charge in [-0.1, -0.05) is 13.5 Å². The Hall–Kier alpha value is -1.12. The van der Waals surface area contributed by atoms with Gasteiger partial charge in [-0.15, -0.1) is 0 Å². The fourth-order valence-electron chi connectivity index (χ4n) is 0. The summed E-state index contributed by atoms with van der Waals surface area (Å²) in [6, 6.07) is 0. The Labute approximate surface area is 60.9 Å². The molecule has 0 saturated carbocycles. The van der Waals surface area contributed by atoms with Crippen molar-refractivity contribution in [2.75, 3.05) is 0 Å². The predicted octanol–water partition coefficient (Wildman–Crippen LogP) is 0.643. The number of nitrogens with two attached hydrogens (primary N) is 1. The highest BCUT2D eigenvalue weighted by atomic mass is 16.1. The minimum absolute atomic E-state index is 0.255. The molecule has 0 saturated heterocycles. The molecule has 0 aromatic heterocycles. The fraction of sp³-hybridized carbons (Fsp3) is 0.429. The molecule has 0 aromatic carbocycles. The minimum Gasteiger partial charge on any atom is -0.366 e. The van der Waals surface area contributed by atoms with Crippen molar-refractivity contribution in [2.24, 2.45) is 5.73 Å². The second kappa shape index (κ2) is 7.88. The van der Waals surface area contributed by atoms with Crippen LogP contribution in [0.4, 0.5) is 0 Å². The van der Waals surface area contributed by atoms with Gasteiger partial charge in [0, 0.05) is 6.42 Å². The number of ketones is 1. The number of primary amides is 1. The van der Waals surface area contributed by atoms with Crippen LogP contribution in [-0.2, 0) is 9.59 Å². The third kappa shape index (κ3) is 28.7. The zero-order valence-electron chi connectivity index (χ0n) is 6.39. The molecule has 0 unspecified atom stereocenters. The van der Waals surface area contributed by atoms with E-state index in [-0.39, 0.29) is 5.78 Å². The van der Waals surface area contributed by atoms with E-state index in [0.717, 1.165) is 6.08 Å². The van der Waals surface area contributed by atoms with E-state index in [4.69, 9.17) is 0 Å². The molecule has 2 N–H and O–H groups in total. The maximum atomic E-state index is 9.81. The van der Waals surface area contributed by atoms with Gasteiger partial charge in [0.15, 0.2) is 0 Å². The summed E-state index contributed by atoms with van der Waals surface area (Å²) in [6.07, 6.45) is 1.72. The van der Waals surface area contributed by atoms with Crippen molar-refractivity contribution in [1.82, 2.24) is 0 Å². The lowest BCUT2D eigenvalue weighted by atomic mass is 10.4. The molecule has 0 aliphatic carbocycles. The minimum atomic E-state index is -0.481. The Morgan fingerprint density at radius 2 is 1.80 bits per heavy atom. The van der Waals surface area contributed by atoms with E-state index in [2.05, 4.69) is 12.3 Å². The van der Waals surface area contributed by atoms with Gasteiger partial charge in [0.25, 0.3) is 0 Å². The summed E-state index contributed by atoms with van der Waals surface area (Å²) in [6.45, 7) is 6.52. The number of carbonyl (C=O) groups is 2. The van der Waals surface area contributed by atoms with Crippen molar-refractivity contribution in [3.05, 3.63) is 12.7 Å². The van der Waals surface area contributed by atoms with E-state index in [0.29, 0.717) is 6.42 Å². The van der Waals surface area contributed by atoms with E-state index in [1.54, 1.807) is 6.92 Å². The Morgan fingerprint density at radius 3 is 1.80 bits per heavy atom. The number of hydrogen-bond acceptors (Lipinski definition) is 2. The van der Waals surface area contributed by atoms with Crippen LogP contribution < -0.4 is 5.73 Å². The summed E-state index contributed by atoms with van der Waals surface area (Å²) in [4.78, 5) is 19.3. The molecule has 3 heteroatoms. The average Bonchev–Trinajstić information content (AvgIpc) is 1.89. The van der Waals surface area contributed by atoms with Gasteiger partial charge < -0.3 is 10.5 Å². The molecule has 58 valence electrons. The summed E-state index contributed by atoms with van der Waals surface area (Å²) in [5.41, 5.74) is 4.53. The molecule has 0 bridgehead atoms. The van der Waals surface area contributed by atoms with Gasteiger partial charge >= 0.3 is 0 Å². The summed E-state index contributed by atoms with van der Waals surface area (Å²) in [7, 11) is 0. The first-order valence-electron chi connectivity index (χ1n) is 2.95. The Bertz CT molecular complexity index is 130. The van der Waals surface area contributed by atoms with Gasteiger partial charge in [-0.2, -0.15) is 0 Å². The van der Waals surface area contributed by atoms with Crippen LogP contribution in [-0.4, -0.2) is 11.7 Å². The van der Waals surface area contributed by atoms with Crippen molar-refractivity contribution >= 4 is 11.7 Å². The molecular formula is C7H13NO2. The molecule has 0 rings (SSSR count). The molecule has 0 aliphatic rings. The third-order valence-corrected chi connectivity index (χ3v) is 0.699. The Morgan fingerprint density at radius 1 is 1.60 bits per heavy atom. The number of carbonyl (C=O) groups excluding carboxylic acids is 2. The van der Waals surface area contributed by atoms with Gasteiger partial charge in [-0.05, 0) is 13.0 Å². The van der Waals surface area contributed by atoms with Crippen LogP contribution >= 0.6 is 0 Å². The maximum absolute atomic E-state index is 9.81. The van der Waals surface area contributed by atoms with Crippen molar-refractivity contribution in [2.45, 2.75) is 20.3 Å². The summed E-state index contributed by atoms with van der Waals surface area (Å²) in [5.74, 6) is -0.227. The summed E-state index contributed by atoms with van der Waals surface area (Å²) in [5, 5.41) is 0. The van der Waals surface area contributed by atoms with Crippen molar-refractivity contribution in [1.29, 1.82) is 0 Å². The molecule has 0 aliphatic heterocycles. The lowest BCUT2D eigenvalue weighted by molar-refractivity contribution is -0.116. The largest absolute Gasteiger partial charge is 0.366 e. The van der Waals surface area contributed by atoms with Gasteiger partial charge in [0.1, 0.15) is 5.78 Å². The highest BCUT2D eigenvalue weighted by Crippen LogP contribution is 1.71. The first kappa shape index (κ1) is 11.6. The van der Waals surface area contributed by atoms with Crippen LogP contribution in [0.15, 0.2) is 12.7 Å². The van der Waals surface area contributed by atoms with Crippen LogP contribution in [0.5, 0.6) is 0 Å². The van der Waals surface area contributed by atoms with E-state index in [1.807, 2.05) is 6.92 Å². The van der Waals surface area contributed by atoms with Crippen LogP contribution in [0.1, 0.15) is 20.3 Å². The normalized spacial score (nSPS) is 7.00. The van der Waals surface area contributed by atoms with E-state index in [1.165, 1.54) is 0 Å². The second-order valence-electron chi connectivity index (χ2n) is 1.66. The second-order valence-corrected chi connectivity index (χ2v) is 1.66. The smallest absolute Gasteiger partial charge is 0.240 e. The molecule has 0 heterocycles. The van der Waals surface area contributed by atoms with Crippen molar-refractivity contribution in [3.63, 3.8) is 0 Å². The summed E-state index contributed by atoms with van der Waals surface area (Å²) >= 11 is 0.